The van der Waals surface area contributed by atoms with Crippen molar-refractivity contribution in [1.82, 2.24) is 0 Å². The summed E-state index contributed by atoms with van der Waals surface area (Å²) in [4.78, 5) is 11.7. The maximum absolute atomic E-state index is 11.7. The molecule has 0 N–H and O–H groups in total. The van der Waals surface area contributed by atoms with Gasteiger partial charge in [-0.3, -0.25) is 0 Å². The molecule has 1 atom stereocenters. The van der Waals surface area contributed by atoms with Gasteiger partial charge in [0.25, 0.3) is 0 Å². The number of carbonyl (C=O) groups is 1. The minimum Gasteiger partial charge on any atom is -0.437 e. The molecule has 0 bridgehead atoms. The van der Waals surface area contributed by atoms with E-state index in [1.54, 1.807) is 0 Å². The Kier molecular flexibility index (Phi) is 5.47. The van der Waals surface area contributed by atoms with Gasteiger partial charge in [-0.05, 0) is 16.7 Å². The highest BCUT2D eigenvalue weighted by molar-refractivity contribution is 7.35. The van der Waals surface area contributed by atoms with E-state index in [0.29, 0.717) is 0 Å². The lowest BCUT2D eigenvalue weighted by atomic mass is 9.84. The Hall–Kier alpha value is -2.64. The summed E-state index contributed by atoms with van der Waals surface area (Å²) < 4.78 is 10.2. The van der Waals surface area contributed by atoms with Crippen LogP contribution >= 0.6 is 8.81 Å². The highest BCUT2D eigenvalue weighted by atomic mass is 31.1. The van der Waals surface area contributed by atoms with Crippen LogP contribution in [-0.2, 0) is 14.4 Å². The van der Waals surface area contributed by atoms with E-state index in [9.17, 15) is 4.79 Å². The summed E-state index contributed by atoms with van der Waals surface area (Å²) >= 11 is 0. The zero-order valence-corrected chi connectivity index (χ0v) is 14.9. The molecule has 0 saturated heterocycles. The average Bonchev–Trinajstić information content (AvgIpc) is 2.71. The molecule has 0 heterocycles. The summed E-state index contributed by atoms with van der Waals surface area (Å²) in [5.74, 6) is 0. The number of hydrogen-bond donors (Lipinski definition) is 0. The van der Waals surface area contributed by atoms with Gasteiger partial charge in [-0.1, -0.05) is 91.0 Å². The Balaban J connectivity index is 2.22. The van der Waals surface area contributed by atoms with Crippen LogP contribution < -0.4 is 0 Å². The maximum Gasteiger partial charge on any atom is 0.510 e. The van der Waals surface area contributed by atoms with E-state index in [-0.39, 0.29) is 8.81 Å². The number of benzene rings is 3. The number of carbonyl (C=O) groups excluding carboxylic acids is 1. The summed E-state index contributed by atoms with van der Waals surface area (Å²) in [6.45, 7) is 0. The molecule has 4 heteroatoms. The standard InChI is InChI=1S/C21H19O3P/c1-23-20(22)24-25-21(17-11-5-2-6-12-17,18-13-7-3-8-14-18)19-15-9-4-10-16-19/h2-16,25H,1H3. The Morgan fingerprint density at radius 2 is 1.08 bits per heavy atom. The molecule has 0 aliphatic heterocycles. The first-order valence-electron chi connectivity index (χ1n) is 7.96. The Morgan fingerprint density at radius 1 is 0.720 bits per heavy atom. The molecular formula is C21H19O3P. The van der Waals surface area contributed by atoms with Crippen molar-refractivity contribution in [2.24, 2.45) is 0 Å². The molecule has 3 nitrogen and oxygen atoms in total. The van der Waals surface area contributed by atoms with E-state index in [1.165, 1.54) is 7.11 Å². The first kappa shape index (κ1) is 17.2. The van der Waals surface area contributed by atoms with Gasteiger partial charge in [0.2, 0.25) is 0 Å². The molecule has 0 radical (unpaired) electrons. The molecule has 3 rings (SSSR count). The van der Waals surface area contributed by atoms with Crippen LogP contribution in [-0.4, -0.2) is 13.3 Å². The fourth-order valence-corrected chi connectivity index (χ4v) is 4.07. The van der Waals surface area contributed by atoms with Crippen molar-refractivity contribution in [3.8, 4) is 0 Å². The summed E-state index contributed by atoms with van der Waals surface area (Å²) in [7, 11) is 1.16. The van der Waals surface area contributed by atoms with E-state index in [2.05, 4.69) is 36.4 Å². The Morgan fingerprint density at radius 3 is 1.40 bits per heavy atom. The highest BCUT2D eigenvalue weighted by Gasteiger charge is 2.38. The van der Waals surface area contributed by atoms with E-state index in [1.807, 2.05) is 54.6 Å². The largest absolute Gasteiger partial charge is 0.510 e. The van der Waals surface area contributed by atoms with Crippen molar-refractivity contribution in [2.45, 2.75) is 5.16 Å². The van der Waals surface area contributed by atoms with Crippen molar-refractivity contribution in [3.05, 3.63) is 108 Å². The van der Waals surface area contributed by atoms with E-state index >= 15 is 0 Å². The van der Waals surface area contributed by atoms with E-state index < -0.39 is 11.3 Å². The third-order valence-electron chi connectivity index (χ3n) is 4.07. The van der Waals surface area contributed by atoms with Crippen molar-refractivity contribution in [1.29, 1.82) is 0 Å². The van der Waals surface area contributed by atoms with Crippen LogP contribution in [0.15, 0.2) is 91.0 Å². The molecule has 0 saturated carbocycles. The number of hydrogen-bond acceptors (Lipinski definition) is 3. The SMILES string of the molecule is COC(=O)OPC(c1ccccc1)(c1ccccc1)c1ccccc1. The van der Waals surface area contributed by atoms with Crippen molar-refractivity contribution >= 4 is 15.0 Å². The second-order valence-corrected chi connectivity index (χ2v) is 6.66. The average molecular weight is 350 g/mol. The molecule has 0 spiro atoms. The first-order chi connectivity index (χ1) is 12.3. The molecule has 0 amide bonds. The van der Waals surface area contributed by atoms with Gasteiger partial charge in [-0.2, -0.15) is 0 Å². The summed E-state index contributed by atoms with van der Waals surface area (Å²) in [6, 6.07) is 30.3. The Labute approximate surface area is 149 Å². The topological polar surface area (TPSA) is 35.5 Å². The highest BCUT2D eigenvalue weighted by Crippen LogP contribution is 2.52. The second-order valence-electron chi connectivity index (χ2n) is 5.51. The normalized spacial score (nSPS) is 11.4. The van der Waals surface area contributed by atoms with Crippen LogP contribution in [0.5, 0.6) is 0 Å². The predicted molar refractivity (Wildman–Crippen MR) is 101 cm³/mol. The number of methoxy groups -OCH3 is 1. The van der Waals surface area contributed by atoms with Crippen LogP contribution in [0.25, 0.3) is 0 Å². The van der Waals surface area contributed by atoms with Crippen molar-refractivity contribution in [3.63, 3.8) is 0 Å². The van der Waals surface area contributed by atoms with Gasteiger partial charge in [0.05, 0.1) is 12.3 Å². The zero-order chi connectivity index (χ0) is 17.5. The van der Waals surface area contributed by atoms with Gasteiger partial charge in [-0.15, -0.1) is 0 Å². The summed E-state index contributed by atoms with van der Waals surface area (Å²) in [6.07, 6.45) is -0.675. The maximum atomic E-state index is 11.7. The summed E-state index contributed by atoms with van der Waals surface area (Å²) in [5, 5.41) is -0.585. The third kappa shape index (κ3) is 3.57. The summed E-state index contributed by atoms with van der Waals surface area (Å²) in [5.41, 5.74) is 3.19. The minimum absolute atomic E-state index is 0.161. The fraction of sp³-hybridized carbons (Fsp3) is 0.0952. The van der Waals surface area contributed by atoms with Gasteiger partial charge in [0.15, 0.2) is 0 Å². The van der Waals surface area contributed by atoms with E-state index in [4.69, 9.17) is 9.26 Å². The number of ether oxygens (including phenoxy) is 1. The van der Waals surface area contributed by atoms with Gasteiger partial charge >= 0.3 is 6.16 Å². The molecule has 1 unspecified atom stereocenters. The lowest BCUT2D eigenvalue weighted by Crippen LogP contribution is -2.25. The second kappa shape index (κ2) is 7.96. The third-order valence-corrected chi connectivity index (χ3v) is 5.52. The molecule has 0 aliphatic rings. The molecule has 126 valence electrons. The van der Waals surface area contributed by atoms with Crippen LogP contribution in [0.3, 0.4) is 0 Å². The van der Waals surface area contributed by atoms with Crippen molar-refractivity contribution < 1.29 is 14.1 Å². The molecule has 0 aromatic heterocycles. The molecular weight excluding hydrogens is 331 g/mol. The fourth-order valence-electron chi connectivity index (χ4n) is 2.90. The smallest absolute Gasteiger partial charge is 0.437 e. The molecule has 25 heavy (non-hydrogen) atoms. The molecule has 0 aliphatic carbocycles. The van der Waals surface area contributed by atoms with Crippen LogP contribution in [0, 0.1) is 0 Å². The van der Waals surface area contributed by atoms with Gasteiger partial charge in [-0.25, -0.2) is 4.79 Å². The van der Waals surface area contributed by atoms with Gasteiger partial charge < -0.3 is 9.26 Å². The lowest BCUT2D eigenvalue weighted by molar-refractivity contribution is 0.127. The van der Waals surface area contributed by atoms with Crippen LogP contribution in [0.2, 0.25) is 0 Å². The molecule has 0 fully saturated rings. The molecule has 3 aromatic rings. The van der Waals surface area contributed by atoms with Crippen molar-refractivity contribution in [2.75, 3.05) is 7.11 Å². The minimum atomic E-state index is -0.675. The zero-order valence-electron chi connectivity index (χ0n) is 13.9. The van der Waals surface area contributed by atoms with Crippen LogP contribution in [0.1, 0.15) is 16.7 Å². The monoisotopic (exact) mass is 350 g/mol. The Bertz CT molecular complexity index is 708. The van der Waals surface area contributed by atoms with E-state index in [0.717, 1.165) is 16.7 Å². The quantitative estimate of drug-likeness (QED) is 0.353. The molecule has 3 aromatic carbocycles. The number of rotatable bonds is 5. The van der Waals surface area contributed by atoms with Gasteiger partial charge in [0.1, 0.15) is 8.81 Å². The predicted octanol–water partition coefficient (Wildman–Crippen LogP) is 5.36. The first-order valence-corrected chi connectivity index (χ1v) is 8.87. The van der Waals surface area contributed by atoms with Crippen LogP contribution in [0.4, 0.5) is 4.79 Å². The lowest BCUT2D eigenvalue weighted by Gasteiger charge is -2.34. The van der Waals surface area contributed by atoms with Gasteiger partial charge in [0, 0.05) is 0 Å².